The first-order chi connectivity index (χ1) is 8.22. The molecular weight excluding hydrogens is 259 g/mol. The fraction of sp³-hybridized carbons (Fsp3) is 0.750. The smallest absolute Gasteiger partial charge is 0.0817 e. The van der Waals surface area contributed by atoms with Crippen LogP contribution in [0.25, 0.3) is 0 Å². The molecule has 1 aromatic rings. The summed E-state index contributed by atoms with van der Waals surface area (Å²) in [6, 6.07) is 0. The second-order valence-corrected chi connectivity index (χ2v) is 5.52. The number of nitrogens with zero attached hydrogens (tertiary/aromatic N) is 2. The fourth-order valence-electron chi connectivity index (χ4n) is 1.98. The second-order valence-electron chi connectivity index (χ2n) is 4.55. The molecule has 1 atom stereocenters. The van der Waals surface area contributed by atoms with Crippen LogP contribution < -0.4 is 0 Å². The maximum absolute atomic E-state index is 6.31. The summed E-state index contributed by atoms with van der Waals surface area (Å²) >= 11 is 12.4. The van der Waals surface area contributed by atoms with Crippen LogP contribution in [-0.2, 0) is 17.7 Å². The largest absolute Gasteiger partial charge is 0.383 e. The number of ether oxygens (including phenoxy) is 1. The van der Waals surface area contributed by atoms with Gasteiger partial charge in [0.2, 0.25) is 0 Å². The van der Waals surface area contributed by atoms with E-state index in [1.165, 1.54) is 12.8 Å². The van der Waals surface area contributed by atoms with Crippen molar-refractivity contribution in [3.63, 3.8) is 0 Å². The van der Waals surface area contributed by atoms with Crippen molar-refractivity contribution in [1.29, 1.82) is 0 Å². The van der Waals surface area contributed by atoms with Crippen LogP contribution in [0.2, 0.25) is 5.02 Å². The van der Waals surface area contributed by atoms with Crippen LogP contribution in [-0.4, -0.2) is 28.9 Å². The third kappa shape index (κ3) is 3.60. The van der Waals surface area contributed by atoms with Crippen LogP contribution in [0.3, 0.4) is 0 Å². The molecule has 1 aliphatic carbocycles. The van der Waals surface area contributed by atoms with Gasteiger partial charge >= 0.3 is 0 Å². The predicted molar refractivity (Wildman–Crippen MR) is 69.8 cm³/mol. The molecule has 1 unspecified atom stereocenters. The van der Waals surface area contributed by atoms with Crippen molar-refractivity contribution >= 4 is 23.2 Å². The van der Waals surface area contributed by atoms with Gasteiger partial charge in [-0.25, -0.2) is 0 Å². The minimum absolute atomic E-state index is 0.289. The molecule has 0 aromatic carbocycles. The minimum Gasteiger partial charge on any atom is -0.383 e. The van der Waals surface area contributed by atoms with Gasteiger partial charge in [0.25, 0.3) is 0 Å². The number of halogens is 2. The highest BCUT2D eigenvalue weighted by atomic mass is 35.5. The van der Waals surface area contributed by atoms with Crippen molar-refractivity contribution in [3.05, 3.63) is 16.9 Å². The average molecular weight is 277 g/mol. The lowest BCUT2D eigenvalue weighted by Crippen LogP contribution is -2.11. The van der Waals surface area contributed by atoms with Gasteiger partial charge in [0.15, 0.2) is 0 Å². The molecule has 2 rings (SSSR count). The SMILES string of the molecule is COCCn1ncc(Cl)c1CCC(Cl)C1CC1. The predicted octanol–water partition coefficient (Wildman–Crippen LogP) is 3.13. The molecule has 1 heterocycles. The van der Waals surface area contributed by atoms with E-state index >= 15 is 0 Å². The average Bonchev–Trinajstić information content (AvgIpc) is 3.10. The highest BCUT2D eigenvalue weighted by Crippen LogP contribution is 2.37. The van der Waals surface area contributed by atoms with E-state index in [9.17, 15) is 0 Å². The molecule has 1 aromatic heterocycles. The molecule has 17 heavy (non-hydrogen) atoms. The number of hydrogen-bond acceptors (Lipinski definition) is 2. The van der Waals surface area contributed by atoms with Crippen molar-refractivity contribution in [2.24, 2.45) is 5.92 Å². The van der Waals surface area contributed by atoms with Crippen molar-refractivity contribution in [2.45, 2.75) is 37.6 Å². The van der Waals surface area contributed by atoms with E-state index < -0.39 is 0 Å². The van der Waals surface area contributed by atoms with Gasteiger partial charge in [0, 0.05) is 12.5 Å². The topological polar surface area (TPSA) is 27.1 Å². The summed E-state index contributed by atoms with van der Waals surface area (Å²) in [7, 11) is 1.69. The fourth-order valence-corrected chi connectivity index (χ4v) is 2.57. The summed E-state index contributed by atoms with van der Waals surface area (Å²) in [5.74, 6) is 0.728. The highest BCUT2D eigenvalue weighted by molar-refractivity contribution is 6.31. The number of aromatic nitrogens is 2. The third-order valence-electron chi connectivity index (χ3n) is 3.20. The summed E-state index contributed by atoms with van der Waals surface area (Å²) in [6.45, 7) is 1.40. The van der Waals surface area contributed by atoms with E-state index in [4.69, 9.17) is 27.9 Å². The molecule has 96 valence electrons. The van der Waals surface area contributed by atoms with Crippen LogP contribution >= 0.6 is 23.2 Å². The molecule has 0 bridgehead atoms. The molecule has 1 saturated carbocycles. The minimum atomic E-state index is 0.289. The Bertz CT molecular complexity index is 363. The Hall–Kier alpha value is -0.250. The summed E-state index contributed by atoms with van der Waals surface area (Å²) in [5, 5.41) is 5.28. The Morgan fingerprint density at radius 3 is 3.00 bits per heavy atom. The van der Waals surface area contributed by atoms with Gasteiger partial charge < -0.3 is 4.74 Å². The first-order valence-electron chi connectivity index (χ1n) is 6.05. The van der Waals surface area contributed by atoms with Gasteiger partial charge in [-0.15, -0.1) is 11.6 Å². The molecular formula is C12H18Cl2N2O. The lowest BCUT2D eigenvalue weighted by molar-refractivity contribution is 0.182. The molecule has 1 aliphatic rings. The van der Waals surface area contributed by atoms with Crippen LogP contribution in [0.5, 0.6) is 0 Å². The molecule has 1 fully saturated rings. The number of hydrogen-bond donors (Lipinski definition) is 0. The maximum Gasteiger partial charge on any atom is 0.0817 e. The van der Waals surface area contributed by atoms with Crippen LogP contribution in [0.15, 0.2) is 6.20 Å². The molecule has 0 amide bonds. The van der Waals surface area contributed by atoms with Crippen molar-refractivity contribution in [3.8, 4) is 0 Å². The second kappa shape index (κ2) is 6.07. The van der Waals surface area contributed by atoms with Gasteiger partial charge in [-0.2, -0.15) is 5.10 Å². The summed E-state index contributed by atoms with van der Waals surface area (Å²) in [4.78, 5) is 0. The Balaban J connectivity index is 1.90. The van der Waals surface area contributed by atoms with E-state index in [2.05, 4.69) is 5.10 Å². The Morgan fingerprint density at radius 2 is 2.35 bits per heavy atom. The standard InChI is InChI=1S/C12H18Cl2N2O/c1-17-7-6-16-12(11(14)8-15-16)5-4-10(13)9-2-3-9/h8-10H,2-7H2,1H3. The molecule has 0 N–H and O–H groups in total. The van der Waals surface area contributed by atoms with Gasteiger partial charge in [-0.3, -0.25) is 4.68 Å². The first kappa shape index (κ1) is 13.2. The molecule has 0 radical (unpaired) electrons. The van der Waals surface area contributed by atoms with Crippen LogP contribution in [0, 0.1) is 5.92 Å². The van der Waals surface area contributed by atoms with Crippen molar-refractivity contribution in [2.75, 3.05) is 13.7 Å². The Morgan fingerprint density at radius 1 is 1.59 bits per heavy atom. The van der Waals surface area contributed by atoms with Gasteiger partial charge in [0.1, 0.15) is 0 Å². The maximum atomic E-state index is 6.31. The quantitative estimate of drug-likeness (QED) is 0.716. The first-order valence-corrected chi connectivity index (χ1v) is 6.87. The van der Waals surface area contributed by atoms with Crippen molar-refractivity contribution in [1.82, 2.24) is 9.78 Å². The van der Waals surface area contributed by atoms with E-state index in [0.29, 0.717) is 6.61 Å². The normalized spacial score (nSPS) is 17.4. The summed E-state index contributed by atoms with van der Waals surface area (Å²) in [6.07, 6.45) is 6.14. The molecule has 0 aliphatic heterocycles. The van der Waals surface area contributed by atoms with Crippen LogP contribution in [0.1, 0.15) is 25.0 Å². The zero-order chi connectivity index (χ0) is 12.3. The summed E-state index contributed by atoms with van der Waals surface area (Å²) in [5.41, 5.74) is 1.08. The summed E-state index contributed by atoms with van der Waals surface area (Å²) < 4.78 is 6.97. The van der Waals surface area contributed by atoms with Crippen LogP contribution in [0.4, 0.5) is 0 Å². The van der Waals surface area contributed by atoms with Gasteiger partial charge in [0.05, 0.1) is 30.1 Å². The number of alkyl halides is 1. The molecule has 0 saturated heterocycles. The molecule has 5 heteroatoms. The lowest BCUT2D eigenvalue weighted by Gasteiger charge is -2.10. The van der Waals surface area contributed by atoms with E-state index in [1.54, 1.807) is 13.3 Å². The highest BCUT2D eigenvalue weighted by Gasteiger charge is 2.29. The Kier molecular flexibility index (Phi) is 4.71. The lowest BCUT2D eigenvalue weighted by atomic mass is 10.1. The zero-order valence-corrected chi connectivity index (χ0v) is 11.5. The molecule has 0 spiro atoms. The molecule has 3 nitrogen and oxygen atoms in total. The van der Waals surface area contributed by atoms with E-state index in [0.717, 1.165) is 36.0 Å². The van der Waals surface area contributed by atoms with Gasteiger partial charge in [-0.1, -0.05) is 11.6 Å². The van der Waals surface area contributed by atoms with Crippen molar-refractivity contribution < 1.29 is 4.74 Å². The van der Waals surface area contributed by atoms with E-state index in [1.807, 2.05) is 4.68 Å². The third-order valence-corrected chi connectivity index (χ3v) is 4.09. The number of rotatable bonds is 7. The van der Waals surface area contributed by atoms with Gasteiger partial charge in [-0.05, 0) is 31.6 Å². The Labute approximate surface area is 112 Å². The monoisotopic (exact) mass is 276 g/mol. The zero-order valence-electron chi connectivity index (χ0n) is 10.0. The number of methoxy groups -OCH3 is 1. The van der Waals surface area contributed by atoms with E-state index in [-0.39, 0.29) is 5.38 Å².